The van der Waals surface area contributed by atoms with Crippen LogP contribution in [0.5, 0.6) is 0 Å². The number of hydrogen-bond donors (Lipinski definition) is 0. The lowest BCUT2D eigenvalue weighted by atomic mass is 9.98. The maximum Gasteiger partial charge on any atom is 0.183 e. The lowest BCUT2D eigenvalue weighted by molar-refractivity contribution is 0.163. The summed E-state index contributed by atoms with van der Waals surface area (Å²) < 4.78 is 6.08. The Morgan fingerprint density at radius 3 is 2.32 bits per heavy atom. The molecule has 4 nitrogen and oxygen atoms in total. The quantitative estimate of drug-likeness (QED) is 0.412. The van der Waals surface area contributed by atoms with Crippen molar-refractivity contribution in [1.29, 1.82) is 0 Å². The minimum absolute atomic E-state index is 0.0451. The van der Waals surface area contributed by atoms with E-state index in [1.165, 1.54) is 33.4 Å². The smallest absolute Gasteiger partial charge is 0.183 e. The minimum atomic E-state index is 0.0451. The molecule has 0 radical (unpaired) electrons. The number of benzene rings is 3. The first-order chi connectivity index (χ1) is 16.4. The molecule has 1 fully saturated rings. The summed E-state index contributed by atoms with van der Waals surface area (Å²) in [5.41, 5.74) is 7.65. The molecule has 1 unspecified atom stereocenters. The van der Waals surface area contributed by atoms with Gasteiger partial charge in [0.25, 0.3) is 0 Å². The molecule has 1 atom stereocenters. The molecule has 1 saturated heterocycles. The molecule has 4 heteroatoms. The van der Waals surface area contributed by atoms with Crippen molar-refractivity contribution in [2.75, 3.05) is 40.8 Å². The summed E-state index contributed by atoms with van der Waals surface area (Å²) in [7, 11) is 6.43. The third-order valence-electron chi connectivity index (χ3n) is 6.49. The van der Waals surface area contributed by atoms with Crippen molar-refractivity contribution in [3.8, 4) is 11.1 Å². The Morgan fingerprint density at radius 1 is 0.912 bits per heavy atom. The molecule has 3 aromatic carbocycles. The molecule has 3 aromatic rings. The van der Waals surface area contributed by atoms with Gasteiger partial charge in [-0.15, -0.1) is 0 Å². The van der Waals surface area contributed by atoms with Crippen molar-refractivity contribution < 1.29 is 4.74 Å². The van der Waals surface area contributed by atoms with Crippen LogP contribution in [-0.4, -0.2) is 55.5 Å². The number of likely N-dealkylation sites (N-methyl/N-ethyl adjacent to an activating group) is 2. The normalized spacial score (nSPS) is 15.9. The standard InChI is InChI=1S/C30H37N3O/c1-23-10-14-27(15-11-23)30-22-33(24(2)34-30)20-25-12-16-26(17-13-25)29-9-7-6-8-28(29)21-32(5)19-18-31(3)4/h6-17,30H,2,18-22H2,1,3-5H3. The molecule has 0 aromatic heterocycles. The second-order valence-electron chi connectivity index (χ2n) is 9.69. The van der Waals surface area contributed by atoms with E-state index in [0.29, 0.717) is 0 Å². The third-order valence-corrected chi connectivity index (χ3v) is 6.49. The molecule has 0 saturated carbocycles. The van der Waals surface area contributed by atoms with Crippen molar-refractivity contribution >= 4 is 0 Å². The van der Waals surface area contributed by atoms with Gasteiger partial charge in [-0.05, 0) is 62.5 Å². The summed E-state index contributed by atoms with van der Waals surface area (Å²) in [6, 6.07) is 26.3. The summed E-state index contributed by atoms with van der Waals surface area (Å²) in [5, 5.41) is 0. The molecule has 0 N–H and O–H groups in total. The van der Waals surface area contributed by atoms with Gasteiger partial charge in [0.2, 0.25) is 0 Å². The summed E-state index contributed by atoms with van der Waals surface area (Å²) in [6.45, 7) is 10.9. The van der Waals surface area contributed by atoms with E-state index in [0.717, 1.165) is 38.6 Å². The number of ether oxygens (including phenoxy) is 1. The van der Waals surface area contributed by atoms with Crippen molar-refractivity contribution in [3.63, 3.8) is 0 Å². The summed E-state index contributed by atoms with van der Waals surface area (Å²) in [5.74, 6) is 0.751. The highest BCUT2D eigenvalue weighted by Gasteiger charge is 2.27. The fourth-order valence-corrected chi connectivity index (χ4v) is 4.38. The van der Waals surface area contributed by atoms with Gasteiger partial charge in [0.15, 0.2) is 5.88 Å². The van der Waals surface area contributed by atoms with Crippen LogP contribution in [0.3, 0.4) is 0 Å². The van der Waals surface area contributed by atoms with Crippen LogP contribution < -0.4 is 0 Å². The van der Waals surface area contributed by atoms with Gasteiger partial charge < -0.3 is 19.4 Å². The highest BCUT2D eigenvalue weighted by molar-refractivity contribution is 5.67. The van der Waals surface area contributed by atoms with Crippen molar-refractivity contribution in [2.45, 2.75) is 26.1 Å². The van der Waals surface area contributed by atoms with Crippen molar-refractivity contribution in [2.24, 2.45) is 0 Å². The third kappa shape index (κ3) is 6.07. The van der Waals surface area contributed by atoms with Crippen molar-refractivity contribution in [1.82, 2.24) is 14.7 Å². The van der Waals surface area contributed by atoms with Crippen molar-refractivity contribution in [3.05, 3.63) is 108 Å². The lowest BCUT2D eigenvalue weighted by Gasteiger charge is -2.21. The van der Waals surface area contributed by atoms with E-state index in [-0.39, 0.29) is 6.10 Å². The van der Waals surface area contributed by atoms with Gasteiger partial charge in [0.1, 0.15) is 6.10 Å². The predicted octanol–water partition coefficient (Wildman–Crippen LogP) is 5.70. The monoisotopic (exact) mass is 455 g/mol. The van der Waals surface area contributed by atoms with E-state index < -0.39 is 0 Å². The van der Waals surface area contributed by atoms with Gasteiger partial charge in [-0.1, -0.05) is 78.4 Å². The SMILES string of the molecule is C=C1OC(c2ccc(C)cc2)CN1Cc1ccc(-c2ccccc2CN(C)CCN(C)C)cc1. The Kier molecular flexibility index (Phi) is 7.71. The van der Waals surface area contributed by atoms with Crippen LogP contribution in [0.1, 0.15) is 28.4 Å². The average Bonchev–Trinajstić information content (AvgIpc) is 3.19. The summed E-state index contributed by atoms with van der Waals surface area (Å²) in [6.07, 6.45) is 0.0451. The molecule has 1 aliphatic heterocycles. The average molecular weight is 456 g/mol. The molecule has 0 aliphatic carbocycles. The topological polar surface area (TPSA) is 19.0 Å². The van der Waals surface area contributed by atoms with Crippen LogP contribution in [0.25, 0.3) is 11.1 Å². The van der Waals surface area contributed by atoms with Gasteiger partial charge >= 0.3 is 0 Å². The molecule has 178 valence electrons. The fraction of sp³-hybridized carbons (Fsp3) is 0.333. The largest absolute Gasteiger partial charge is 0.470 e. The van der Waals surface area contributed by atoms with E-state index >= 15 is 0 Å². The number of rotatable bonds is 9. The molecule has 34 heavy (non-hydrogen) atoms. The van der Waals surface area contributed by atoms with Gasteiger partial charge in [-0.25, -0.2) is 0 Å². The van der Waals surface area contributed by atoms with Gasteiger partial charge in [0, 0.05) is 26.2 Å². The second-order valence-corrected chi connectivity index (χ2v) is 9.69. The van der Waals surface area contributed by atoms with Crippen LogP contribution in [0.15, 0.2) is 85.3 Å². The highest BCUT2D eigenvalue weighted by Crippen LogP contribution is 2.32. The predicted molar refractivity (Wildman–Crippen MR) is 141 cm³/mol. The van der Waals surface area contributed by atoms with E-state index in [1.54, 1.807) is 0 Å². The number of hydrogen-bond acceptors (Lipinski definition) is 4. The summed E-state index contributed by atoms with van der Waals surface area (Å²) >= 11 is 0. The van der Waals surface area contributed by atoms with E-state index in [1.807, 2.05) is 0 Å². The molecular formula is C30H37N3O. The number of aryl methyl sites for hydroxylation is 1. The Hall–Kier alpha value is -3.08. The Balaban J connectivity index is 1.41. The van der Waals surface area contributed by atoms with Gasteiger partial charge in [-0.2, -0.15) is 0 Å². The van der Waals surface area contributed by atoms with E-state index in [2.05, 4.69) is 122 Å². The molecular weight excluding hydrogens is 418 g/mol. The van der Waals surface area contributed by atoms with Crippen LogP contribution in [0, 0.1) is 6.92 Å². The fourth-order valence-electron chi connectivity index (χ4n) is 4.38. The maximum absolute atomic E-state index is 6.08. The van der Waals surface area contributed by atoms with Crippen LogP contribution in [0.2, 0.25) is 0 Å². The van der Waals surface area contributed by atoms with Crippen LogP contribution in [0.4, 0.5) is 0 Å². The molecule has 1 aliphatic rings. The zero-order valence-electron chi connectivity index (χ0n) is 21.0. The molecule has 4 rings (SSSR count). The first-order valence-electron chi connectivity index (χ1n) is 12.1. The molecule has 0 bridgehead atoms. The van der Waals surface area contributed by atoms with E-state index in [9.17, 15) is 0 Å². The first-order valence-corrected chi connectivity index (χ1v) is 12.1. The Bertz CT molecular complexity index is 1090. The molecule has 0 amide bonds. The minimum Gasteiger partial charge on any atom is -0.470 e. The zero-order chi connectivity index (χ0) is 24.1. The maximum atomic E-state index is 6.08. The highest BCUT2D eigenvalue weighted by atomic mass is 16.5. The summed E-state index contributed by atoms with van der Waals surface area (Å²) in [4.78, 5) is 6.84. The Morgan fingerprint density at radius 2 is 1.62 bits per heavy atom. The molecule has 0 spiro atoms. The molecule has 1 heterocycles. The van der Waals surface area contributed by atoms with E-state index in [4.69, 9.17) is 4.74 Å². The van der Waals surface area contributed by atoms with Crippen LogP contribution >= 0.6 is 0 Å². The number of nitrogens with zero attached hydrogens (tertiary/aromatic N) is 3. The van der Waals surface area contributed by atoms with Crippen LogP contribution in [-0.2, 0) is 17.8 Å². The lowest BCUT2D eigenvalue weighted by Crippen LogP contribution is -2.28. The Labute approximate surface area is 205 Å². The first kappa shape index (κ1) is 24.1. The van der Waals surface area contributed by atoms with Gasteiger partial charge in [0.05, 0.1) is 6.54 Å². The second kappa shape index (κ2) is 10.9. The van der Waals surface area contributed by atoms with Gasteiger partial charge in [-0.3, -0.25) is 0 Å². The zero-order valence-corrected chi connectivity index (χ0v) is 21.0.